The highest BCUT2D eigenvalue weighted by atomic mass is 79.9. The zero-order valence-electron chi connectivity index (χ0n) is 12.9. The van der Waals surface area contributed by atoms with Gasteiger partial charge in [-0.25, -0.2) is 4.79 Å². The smallest absolute Gasteiger partial charge is 0.349 e. The van der Waals surface area contributed by atoms with Gasteiger partial charge >= 0.3 is 5.97 Å². The van der Waals surface area contributed by atoms with Crippen molar-refractivity contribution in [2.75, 3.05) is 6.61 Å². The average molecular weight is 363 g/mol. The fraction of sp³-hybridized carbons (Fsp3) is 0.278. The molecule has 0 aromatic heterocycles. The number of hydrogen-bond acceptors (Lipinski definition) is 3. The number of carbonyl (C=O) groups excluding carboxylic acids is 1. The molecule has 0 radical (unpaired) electrons. The summed E-state index contributed by atoms with van der Waals surface area (Å²) < 4.78 is 11.5. The van der Waals surface area contributed by atoms with Crippen LogP contribution in [0.1, 0.15) is 30.9 Å². The van der Waals surface area contributed by atoms with Gasteiger partial charge < -0.3 is 9.47 Å². The number of carbonyl (C=O) groups is 1. The second-order valence-electron chi connectivity index (χ2n) is 5.42. The Kier molecular flexibility index (Phi) is 5.61. The second kappa shape index (κ2) is 7.45. The molecule has 22 heavy (non-hydrogen) atoms. The first-order chi connectivity index (χ1) is 10.5. The van der Waals surface area contributed by atoms with Crippen LogP contribution >= 0.6 is 15.9 Å². The van der Waals surface area contributed by atoms with Crippen molar-refractivity contribution in [3.8, 4) is 11.5 Å². The molecular formula is C18H19BrO3. The third kappa shape index (κ3) is 4.60. The first-order valence-corrected chi connectivity index (χ1v) is 7.94. The molecule has 0 N–H and O–H groups in total. The van der Waals surface area contributed by atoms with Crippen molar-refractivity contribution in [2.45, 2.75) is 26.7 Å². The molecule has 0 aliphatic heterocycles. The number of aryl methyl sites for hydroxylation is 1. The number of rotatable bonds is 5. The van der Waals surface area contributed by atoms with Crippen LogP contribution in [-0.2, 0) is 4.79 Å². The maximum Gasteiger partial charge on any atom is 0.349 e. The van der Waals surface area contributed by atoms with E-state index in [0.717, 1.165) is 10.0 Å². The van der Waals surface area contributed by atoms with Gasteiger partial charge in [0.25, 0.3) is 0 Å². The van der Waals surface area contributed by atoms with Crippen molar-refractivity contribution in [1.29, 1.82) is 0 Å². The van der Waals surface area contributed by atoms with Crippen LogP contribution in [0.3, 0.4) is 0 Å². The minimum atomic E-state index is -0.426. The van der Waals surface area contributed by atoms with Crippen LogP contribution < -0.4 is 9.47 Å². The summed E-state index contributed by atoms with van der Waals surface area (Å²) in [7, 11) is 0. The molecule has 0 aliphatic carbocycles. The molecular weight excluding hydrogens is 344 g/mol. The Morgan fingerprint density at radius 2 is 1.82 bits per heavy atom. The molecule has 0 spiro atoms. The molecule has 2 rings (SSSR count). The minimum Gasteiger partial charge on any atom is -0.481 e. The van der Waals surface area contributed by atoms with E-state index in [-0.39, 0.29) is 6.61 Å². The number of esters is 1. The molecule has 2 aromatic carbocycles. The van der Waals surface area contributed by atoms with Gasteiger partial charge in [0.05, 0.1) is 4.47 Å². The van der Waals surface area contributed by atoms with Crippen molar-refractivity contribution in [3.05, 3.63) is 58.1 Å². The number of halogens is 1. The van der Waals surface area contributed by atoms with Gasteiger partial charge in [-0.15, -0.1) is 0 Å². The van der Waals surface area contributed by atoms with E-state index < -0.39 is 5.97 Å². The van der Waals surface area contributed by atoms with Crippen molar-refractivity contribution < 1.29 is 14.3 Å². The lowest BCUT2D eigenvalue weighted by atomic mass is 10.0. The Bertz CT molecular complexity index is 648. The maximum atomic E-state index is 11.8. The molecule has 116 valence electrons. The van der Waals surface area contributed by atoms with E-state index in [9.17, 15) is 4.79 Å². The van der Waals surface area contributed by atoms with E-state index >= 15 is 0 Å². The van der Waals surface area contributed by atoms with E-state index in [4.69, 9.17) is 9.47 Å². The summed E-state index contributed by atoms with van der Waals surface area (Å²) in [5, 5.41) is 0. The van der Waals surface area contributed by atoms with E-state index in [1.165, 1.54) is 5.56 Å². The Hall–Kier alpha value is -1.81. The Morgan fingerprint density at radius 1 is 1.14 bits per heavy atom. The largest absolute Gasteiger partial charge is 0.481 e. The number of benzene rings is 2. The summed E-state index contributed by atoms with van der Waals surface area (Å²) in [6.07, 6.45) is 0. The molecule has 0 bridgehead atoms. The van der Waals surface area contributed by atoms with Gasteiger partial charge in [-0.2, -0.15) is 0 Å². The lowest BCUT2D eigenvalue weighted by Gasteiger charge is -2.10. The van der Waals surface area contributed by atoms with Crippen LogP contribution in [0.15, 0.2) is 46.9 Å². The van der Waals surface area contributed by atoms with Crippen molar-refractivity contribution in [1.82, 2.24) is 0 Å². The molecule has 0 heterocycles. The van der Waals surface area contributed by atoms with Crippen LogP contribution in [0.25, 0.3) is 0 Å². The summed E-state index contributed by atoms with van der Waals surface area (Å²) >= 11 is 3.41. The van der Waals surface area contributed by atoms with Crippen LogP contribution in [-0.4, -0.2) is 12.6 Å². The van der Waals surface area contributed by atoms with Gasteiger partial charge in [0.1, 0.15) is 11.5 Å². The van der Waals surface area contributed by atoms with Crippen molar-refractivity contribution in [3.63, 3.8) is 0 Å². The van der Waals surface area contributed by atoms with Gasteiger partial charge in [0.15, 0.2) is 6.61 Å². The van der Waals surface area contributed by atoms with Gasteiger partial charge in [0.2, 0.25) is 0 Å². The Balaban J connectivity index is 1.90. The SMILES string of the molecule is Cc1ccc(OCC(=O)Oc2ccc(C(C)C)cc2)c(Br)c1. The highest BCUT2D eigenvalue weighted by Gasteiger charge is 2.09. The van der Waals surface area contributed by atoms with E-state index in [1.807, 2.05) is 37.3 Å². The van der Waals surface area contributed by atoms with Gasteiger partial charge in [-0.05, 0) is 64.2 Å². The van der Waals surface area contributed by atoms with Gasteiger partial charge in [-0.1, -0.05) is 32.0 Å². The van der Waals surface area contributed by atoms with Gasteiger partial charge in [-0.3, -0.25) is 0 Å². The third-order valence-corrected chi connectivity index (χ3v) is 3.83. The lowest BCUT2D eigenvalue weighted by Crippen LogP contribution is -2.17. The highest BCUT2D eigenvalue weighted by molar-refractivity contribution is 9.10. The summed E-state index contributed by atoms with van der Waals surface area (Å²) in [5.41, 5.74) is 2.33. The Morgan fingerprint density at radius 3 is 2.41 bits per heavy atom. The summed E-state index contributed by atoms with van der Waals surface area (Å²) in [6, 6.07) is 13.2. The fourth-order valence-corrected chi connectivity index (χ4v) is 2.55. The maximum absolute atomic E-state index is 11.8. The summed E-state index contributed by atoms with van der Waals surface area (Å²) in [5.74, 6) is 1.18. The lowest BCUT2D eigenvalue weighted by molar-refractivity contribution is -0.136. The summed E-state index contributed by atoms with van der Waals surface area (Å²) in [6.45, 7) is 6.10. The molecule has 0 unspecified atom stereocenters. The normalized spacial score (nSPS) is 10.6. The molecule has 0 saturated heterocycles. The molecule has 2 aromatic rings. The minimum absolute atomic E-state index is 0.131. The van der Waals surface area contributed by atoms with Gasteiger partial charge in [0, 0.05) is 0 Å². The molecule has 0 atom stereocenters. The predicted octanol–water partition coefficient (Wildman–Crippen LogP) is 4.87. The quantitative estimate of drug-likeness (QED) is 0.562. The zero-order valence-corrected chi connectivity index (χ0v) is 14.5. The molecule has 4 heteroatoms. The molecule has 0 saturated carbocycles. The number of ether oxygens (including phenoxy) is 2. The molecule has 0 fully saturated rings. The van der Waals surface area contributed by atoms with Crippen LogP contribution in [0.5, 0.6) is 11.5 Å². The number of hydrogen-bond donors (Lipinski definition) is 0. The van der Waals surface area contributed by atoms with E-state index in [0.29, 0.717) is 17.4 Å². The first kappa shape index (κ1) is 16.6. The highest BCUT2D eigenvalue weighted by Crippen LogP contribution is 2.25. The molecule has 0 amide bonds. The predicted molar refractivity (Wildman–Crippen MR) is 90.5 cm³/mol. The van der Waals surface area contributed by atoms with E-state index in [1.54, 1.807) is 12.1 Å². The molecule has 0 aliphatic rings. The third-order valence-electron chi connectivity index (χ3n) is 3.21. The zero-order chi connectivity index (χ0) is 16.1. The van der Waals surface area contributed by atoms with Crippen LogP contribution in [0.4, 0.5) is 0 Å². The van der Waals surface area contributed by atoms with Crippen molar-refractivity contribution >= 4 is 21.9 Å². The van der Waals surface area contributed by atoms with E-state index in [2.05, 4.69) is 29.8 Å². The van der Waals surface area contributed by atoms with Crippen molar-refractivity contribution in [2.24, 2.45) is 0 Å². The Labute approximate surface area is 139 Å². The van der Waals surface area contributed by atoms with Crippen LogP contribution in [0, 0.1) is 6.92 Å². The average Bonchev–Trinajstić information content (AvgIpc) is 2.47. The molecule has 3 nitrogen and oxygen atoms in total. The first-order valence-electron chi connectivity index (χ1n) is 7.15. The van der Waals surface area contributed by atoms with Crippen LogP contribution in [0.2, 0.25) is 0 Å². The standard InChI is InChI=1S/C18H19BrO3/c1-12(2)14-5-7-15(8-6-14)22-18(20)11-21-17-9-4-13(3)10-16(17)19/h4-10,12H,11H2,1-3H3. The summed E-state index contributed by atoms with van der Waals surface area (Å²) in [4.78, 5) is 11.8. The topological polar surface area (TPSA) is 35.5 Å². The monoisotopic (exact) mass is 362 g/mol. The fourth-order valence-electron chi connectivity index (χ4n) is 1.94. The second-order valence-corrected chi connectivity index (χ2v) is 6.27.